The average molecular weight is 471 g/mol. The maximum atomic E-state index is 5.07. The summed E-state index contributed by atoms with van der Waals surface area (Å²) in [5.74, 6) is 0.569. The van der Waals surface area contributed by atoms with Crippen LogP contribution in [0.4, 0.5) is 0 Å². The van der Waals surface area contributed by atoms with Crippen LogP contribution in [0.3, 0.4) is 0 Å². The lowest BCUT2D eigenvalue weighted by atomic mass is 9.97. The van der Waals surface area contributed by atoms with Crippen molar-refractivity contribution in [3.63, 3.8) is 0 Å². The summed E-state index contributed by atoms with van der Waals surface area (Å²) in [7, 11) is 0. The molecule has 1 fully saturated rings. The van der Waals surface area contributed by atoms with Gasteiger partial charge in [-0.2, -0.15) is 0 Å². The molecule has 3 unspecified atom stereocenters. The highest BCUT2D eigenvalue weighted by molar-refractivity contribution is 8.00. The van der Waals surface area contributed by atoms with Crippen molar-refractivity contribution in [3.05, 3.63) is 103 Å². The van der Waals surface area contributed by atoms with Gasteiger partial charge in [0.05, 0.1) is 38.5 Å². The zero-order chi connectivity index (χ0) is 22.9. The summed E-state index contributed by atoms with van der Waals surface area (Å²) in [6, 6.07) is 23.6. The molecule has 2 aromatic carbocycles. The number of nitrogens with zero attached hydrogens (tertiary/aromatic N) is 4. The number of para-hydroxylation sites is 2. The van der Waals surface area contributed by atoms with E-state index in [0.29, 0.717) is 16.5 Å². The van der Waals surface area contributed by atoms with E-state index >= 15 is 0 Å². The Bertz CT molecular complexity index is 1810. The first-order chi connectivity index (χ1) is 17.4. The van der Waals surface area contributed by atoms with E-state index in [1.807, 2.05) is 18.5 Å². The Hall–Kier alpha value is -3.83. The molecule has 0 radical (unpaired) electrons. The van der Waals surface area contributed by atoms with Gasteiger partial charge in [-0.1, -0.05) is 60.7 Å². The van der Waals surface area contributed by atoms with Crippen LogP contribution in [0, 0.1) is 5.92 Å². The van der Waals surface area contributed by atoms with E-state index in [1.165, 1.54) is 21.9 Å². The standard InChI is InChI=1S/C30H22N4S/c1-2-10-20(11-3-1)33-24-14-8-16-31-27(24)22-18-32-28-21-12-5-6-13-23(21)34(30(28)29(22)33)26-17-19-9-4-7-15-25(19)35-26/h1-16,18-19,25-26H,17H2. The molecule has 6 aromatic rings. The van der Waals surface area contributed by atoms with Gasteiger partial charge in [0.25, 0.3) is 0 Å². The SMILES string of the molecule is C1=CC2CC(n3c4ccccc4c4ncc5c6ncccc6n(-c6ccccc6)c5c43)SC2C=C1. The largest absolute Gasteiger partial charge is 0.325 e. The van der Waals surface area contributed by atoms with E-state index < -0.39 is 0 Å². The molecule has 0 N–H and O–H groups in total. The molecule has 1 saturated heterocycles. The average Bonchev–Trinajstić information content (AvgIpc) is 3.58. The van der Waals surface area contributed by atoms with Crippen LogP contribution in [0.15, 0.2) is 103 Å². The van der Waals surface area contributed by atoms with Gasteiger partial charge in [0, 0.05) is 34.1 Å². The zero-order valence-electron chi connectivity index (χ0n) is 19.0. The van der Waals surface area contributed by atoms with E-state index in [4.69, 9.17) is 9.97 Å². The van der Waals surface area contributed by atoms with Crippen LogP contribution in [0.5, 0.6) is 0 Å². The third-order valence-electron chi connectivity index (χ3n) is 7.47. The van der Waals surface area contributed by atoms with Gasteiger partial charge >= 0.3 is 0 Å². The molecule has 1 aliphatic heterocycles. The maximum Gasteiger partial charge on any atom is 0.0982 e. The van der Waals surface area contributed by atoms with Crippen molar-refractivity contribution >= 4 is 55.6 Å². The van der Waals surface area contributed by atoms with E-state index in [0.717, 1.165) is 34.0 Å². The maximum absolute atomic E-state index is 5.07. The molecule has 0 saturated carbocycles. The Kier molecular flexibility index (Phi) is 4.08. The lowest BCUT2D eigenvalue weighted by Crippen LogP contribution is -2.07. The third kappa shape index (κ3) is 2.70. The van der Waals surface area contributed by atoms with Crippen molar-refractivity contribution in [2.24, 2.45) is 5.92 Å². The predicted molar refractivity (Wildman–Crippen MR) is 146 cm³/mol. The first-order valence-electron chi connectivity index (χ1n) is 12.1. The third-order valence-corrected chi connectivity index (χ3v) is 9.01. The first kappa shape index (κ1) is 19.5. The van der Waals surface area contributed by atoms with Crippen LogP contribution in [0.25, 0.3) is 49.6 Å². The summed E-state index contributed by atoms with van der Waals surface area (Å²) in [6.07, 6.45) is 14.2. The Labute approximate surface area is 206 Å². The van der Waals surface area contributed by atoms with E-state index in [1.54, 1.807) is 0 Å². The van der Waals surface area contributed by atoms with Gasteiger partial charge in [-0.05, 0) is 42.7 Å². The Balaban J connectivity index is 1.55. The first-order valence-corrected chi connectivity index (χ1v) is 13.1. The van der Waals surface area contributed by atoms with Gasteiger partial charge in [0.2, 0.25) is 0 Å². The molecule has 3 atom stereocenters. The second-order valence-electron chi connectivity index (χ2n) is 9.37. The minimum atomic E-state index is 0.336. The molecular formula is C30H22N4S. The number of pyridine rings is 2. The molecule has 168 valence electrons. The quantitative estimate of drug-likeness (QED) is 0.264. The number of fused-ring (bicyclic) bond motifs is 8. The number of thioether (sulfide) groups is 1. The van der Waals surface area contributed by atoms with Gasteiger partial charge in [-0.15, -0.1) is 11.8 Å². The van der Waals surface area contributed by atoms with E-state index in [-0.39, 0.29) is 0 Å². The minimum Gasteiger partial charge on any atom is -0.325 e. The topological polar surface area (TPSA) is 35.6 Å². The van der Waals surface area contributed by atoms with Crippen LogP contribution in [0.1, 0.15) is 11.8 Å². The molecule has 0 spiro atoms. The zero-order valence-corrected chi connectivity index (χ0v) is 19.8. The number of aromatic nitrogens is 4. The summed E-state index contributed by atoms with van der Waals surface area (Å²) in [5, 5.41) is 3.17. The summed E-state index contributed by atoms with van der Waals surface area (Å²) >= 11 is 2.07. The van der Waals surface area contributed by atoms with Crippen molar-refractivity contribution < 1.29 is 0 Å². The molecule has 4 nitrogen and oxygen atoms in total. The number of benzene rings is 2. The smallest absolute Gasteiger partial charge is 0.0982 e. The molecule has 8 rings (SSSR count). The number of hydrogen-bond acceptors (Lipinski definition) is 3. The van der Waals surface area contributed by atoms with Crippen molar-refractivity contribution in [2.75, 3.05) is 0 Å². The van der Waals surface area contributed by atoms with Gasteiger partial charge in [-0.25, -0.2) is 0 Å². The predicted octanol–water partition coefficient (Wildman–Crippen LogP) is 7.43. The van der Waals surface area contributed by atoms with Crippen LogP contribution in [-0.4, -0.2) is 24.4 Å². The van der Waals surface area contributed by atoms with Gasteiger partial charge in [0.1, 0.15) is 0 Å². The van der Waals surface area contributed by atoms with Gasteiger partial charge in [0.15, 0.2) is 0 Å². The second kappa shape index (κ2) is 7.33. The fraction of sp³-hybridized carbons (Fsp3) is 0.133. The number of rotatable bonds is 2. The summed E-state index contributed by atoms with van der Waals surface area (Å²) in [6.45, 7) is 0. The molecule has 4 aromatic heterocycles. The number of hydrogen-bond donors (Lipinski definition) is 0. The Morgan fingerprint density at radius 2 is 1.57 bits per heavy atom. The normalized spacial score (nSPS) is 21.5. The van der Waals surface area contributed by atoms with Crippen molar-refractivity contribution in [1.82, 2.24) is 19.1 Å². The lowest BCUT2D eigenvalue weighted by molar-refractivity contribution is 0.576. The molecule has 5 heterocycles. The van der Waals surface area contributed by atoms with Crippen molar-refractivity contribution in [1.29, 1.82) is 0 Å². The monoisotopic (exact) mass is 470 g/mol. The van der Waals surface area contributed by atoms with Gasteiger partial charge < -0.3 is 9.13 Å². The molecule has 35 heavy (non-hydrogen) atoms. The molecule has 1 aliphatic carbocycles. The van der Waals surface area contributed by atoms with Crippen LogP contribution in [0.2, 0.25) is 0 Å². The molecule has 0 amide bonds. The second-order valence-corrected chi connectivity index (χ2v) is 10.7. The highest BCUT2D eigenvalue weighted by atomic mass is 32.2. The molecular weight excluding hydrogens is 448 g/mol. The summed E-state index contributed by atoms with van der Waals surface area (Å²) in [5.41, 5.74) is 7.96. The van der Waals surface area contributed by atoms with Crippen molar-refractivity contribution in [2.45, 2.75) is 17.0 Å². The summed E-state index contributed by atoms with van der Waals surface area (Å²) in [4.78, 5) is 9.87. The Morgan fingerprint density at radius 3 is 2.49 bits per heavy atom. The summed E-state index contributed by atoms with van der Waals surface area (Å²) < 4.78 is 4.95. The fourth-order valence-corrected chi connectivity index (χ4v) is 7.62. The highest BCUT2D eigenvalue weighted by Gasteiger charge is 2.36. The Morgan fingerprint density at radius 1 is 0.743 bits per heavy atom. The van der Waals surface area contributed by atoms with Crippen LogP contribution < -0.4 is 0 Å². The minimum absolute atomic E-state index is 0.336. The van der Waals surface area contributed by atoms with Crippen LogP contribution >= 0.6 is 11.8 Å². The van der Waals surface area contributed by atoms with Crippen LogP contribution in [-0.2, 0) is 0 Å². The molecule has 0 bridgehead atoms. The molecule has 5 heteroatoms. The van der Waals surface area contributed by atoms with E-state index in [2.05, 4.69) is 106 Å². The fourth-order valence-electron chi connectivity index (χ4n) is 6.00. The molecule has 2 aliphatic rings. The van der Waals surface area contributed by atoms with Crippen molar-refractivity contribution in [3.8, 4) is 5.69 Å². The van der Waals surface area contributed by atoms with Gasteiger partial charge in [-0.3, -0.25) is 9.97 Å². The number of allylic oxidation sites excluding steroid dienone is 3. The lowest BCUT2D eigenvalue weighted by Gasteiger charge is -2.17. The van der Waals surface area contributed by atoms with E-state index in [9.17, 15) is 0 Å². The highest BCUT2D eigenvalue weighted by Crippen LogP contribution is 2.51.